The first-order chi connectivity index (χ1) is 8.20. The highest BCUT2D eigenvalue weighted by molar-refractivity contribution is 5.78. The Bertz CT molecular complexity index is 407. The lowest BCUT2D eigenvalue weighted by atomic mass is 10.2. The Morgan fingerprint density at radius 2 is 2.29 bits per heavy atom. The van der Waals surface area contributed by atoms with E-state index in [1.54, 1.807) is 0 Å². The van der Waals surface area contributed by atoms with Gasteiger partial charge in [-0.1, -0.05) is 6.92 Å². The van der Waals surface area contributed by atoms with E-state index in [-0.39, 0.29) is 0 Å². The molecule has 1 saturated heterocycles. The molecule has 0 amide bonds. The molecule has 1 aromatic heterocycles. The van der Waals surface area contributed by atoms with Gasteiger partial charge in [0.1, 0.15) is 12.3 Å². The maximum Gasteiger partial charge on any atom is 0.194 e. The molecular weight excluding hydrogens is 216 g/mol. The van der Waals surface area contributed by atoms with Crippen LogP contribution in [0.15, 0.2) is 9.41 Å². The summed E-state index contributed by atoms with van der Waals surface area (Å²) in [6.07, 6.45) is 3.13. The van der Waals surface area contributed by atoms with Crippen LogP contribution in [0.3, 0.4) is 0 Å². The SMILES string of the molecule is CCCc1nc(C)c(CN=C(N)N2CCC2)o1. The van der Waals surface area contributed by atoms with Gasteiger partial charge in [0.2, 0.25) is 0 Å². The van der Waals surface area contributed by atoms with Gasteiger partial charge in [0.05, 0.1) is 5.69 Å². The van der Waals surface area contributed by atoms with E-state index in [9.17, 15) is 0 Å². The number of aromatic nitrogens is 1. The first-order valence-corrected chi connectivity index (χ1v) is 6.20. The summed E-state index contributed by atoms with van der Waals surface area (Å²) in [5.41, 5.74) is 6.78. The molecule has 1 fully saturated rings. The van der Waals surface area contributed by atoms with Crippen LogP contribution in [0.4, 0.5) is 0 Å². The number of likely N-dealkylation sites (tertiary alicyclic amines) is 1. The molecule has 2 rings (SSSR count). The minimum Gasteiger partial charge on any atom is -0.443 e. The molecule has 1 aliphatic rings. The normalized spacial score (nSPS) is 16.1. The van der Waals surface area contributed by atoms with Gasteiger partial charge in [-0.25, -0.2) is 9.98 Å². The van der Waals surface area contributed by atoms with E-state index in [1.165, 1.54) is 6.42 Å². The number of oxazole rings is 1. The number of guanidine groups is 1. The van der Waals surface area contributed by atoms with Crippen molar-refractivity contribution >= 4 is 5.96 Å². The molecule has 1 aromatic rings. The number of aliphatic imine (C=N–C) groups is 1. The highest BCUT2D eigenvalue weighted by atomic mass is 16.4. The van der Waals surface area contributed by atoms with Crippen molar-refractivity contribution < 1.29 is 4.42 Å². The molecule has 2 heterocycles. The molecule has 5 nitrogen and oxygen atoms in total. The van der Waals surface area contributed by atoms with Crippen molar-refractivity contribution in [2.45, 2.75) is 39.7 Å². The molecule has 0 aliphatic carbocycles. The van der Waals surface area contributed by atoms with Crippen molar-refractivity contribution in [1.82, 2.24) is 9.88 Å². The van der Waals surface area contributed by atoms with Crippen LogP contribution in [-0.4, -0.2) is 28.9 Å². The molecule has 0 radical (unpaired) electrons. The van der Waals surface area contributed by atoms with Gasteiger partial charge in [0, 0.05) is 19.5 Å². The van der Waals surface area contributed by atoms with Crippen LogP contribution >= 0.6 is 0 Å². The molecule has 0 aromatic carbocycles. The number of aryl methyl sites for hydroxylation is 2. The molecule has 0 unspecified atom stereocenters. The number of rotatable bonds is 4. The van der Waals surface area contributed by atoms with E-state index in [0.29, 0.717) is 12.5 Å². The van der Waals surface area contributed by atoms with Crippen LogP contribution in [0.25, 0.3) is 0 Å². The Morgan fingerprint density at radius 3 is 2.88 bits per heavy atom. The third-order valence-electron chi connectivity index (χ3n) is 2.97. The van der Waals surface area contributed by atoms with Crippen molar-refractivity contribution in [3.8, 4) is 0 Å². The van der Waals surface area contributed by atoms with Crippen LogP contribution in [-0.2, 0) is 13.0 Å². The summed E-state index contributed by atoms with van der Waals surface area (Å²) in [5, 5.41) is 0. The molecule has 2 N–H and O–H groups in total. The Morgan fingerprint density at radius 1 is 1.53 bits per heavy atom. The van der Waals surface area contributed by atoms with Gasteiger partial charge in [-0.3, -0.25) is 0 Å². The molecule has 0 saturated carbocycles. The second-order valence-corrected chi connectivity index (χ2v) is 4.38. The highest BCUT2D eigenvalue weighted by Gasteiger charge is 2.16. The number of nitrogens with two attached hydrogens (primary N) is 1. The maximum atomic E-state index is 5.86. The van der Waals surface area contributed by atoms with Gasteiger partial charge < -0.3 is 15.1 Å². The molecule has 0 spiro atoms. The highest BCUT2D eigenvalue weighted by Crippen LogP contribution is 2.13. The van der Waals surface area contributed by atoms with Crippen LogP contribution in [0.2, 0.25) is 0 Å². The second kappa shape index (κ2) is 5.21. The van der Waals surface area contributed by atoms with Gasteiger partial charge >= 0.3 is 0 Å². The quantitative estimate of drug-likeness (QED) is 0.634. The van der Waals surface area contributed by atoms with Crippen LogP contribution < -0.4 is 5.73 Å². The summed E-state index contributed by atoms with van der Waals surface area (Å²) in [6.45, 7) is 6.59. The van der Waals surface area contributed by atoms with Gasteiger partial charge in [0.25, 0.3) is 0 Å². The van der Waals surface area contributed by atoms with Crippen LogP contribution in [0.1, 0.15) is 37.1 Å². The zero-order valence-corrected chi connectivity index (χ0v) is 10.6. The van der Waals surface area contributed by atoms with Crippen LogP contribution in [0, 0.1) is 6.92 Å². The Kier molecular flexibility index (Phi) is 3.66. The molecule has 5 heteroatoms. The molecule has 0 bridgehead atoms. The van der Waals surface area contributed by atoms with Crippen molar-refractivity contribution in [3.63, 3.8) is 0 Å². The fourth-order valence-corrected chi connectivity index (χ4v) is 1.75. The smallest absolute Gasteiger partial charge is 0.194 e. The predicted molar refractivity (Wildman–Crippen MR) is 66.8 cm³/mol. The summed E-state index contributed by atoms with van der Waals surface area (Å²) in [5.74, 6) is 2.25. The second-order valence-electron chi connectivity index (χ2n) is 4.38. The lowest BCUT2D eigenvalue weighted by Crippen LogP contribution is -2.46. The Hall–Kier alpha value is -1.52. The van der Waals surface area contributed by atoms with Crippen molar-refractivity contribution in [2.75, 3.05) is 13.1 Å². The Balaban J connectivity index is 1.97. The third-order valence-corrected chi connectivity index (χ3v) is 2.97. The lowest BCUT2D eigenvalue weighted by molar-refractivity contribution is 0.295. The van der Waals surface area contributed by atoms with E-state index >= 15 is 0 Å². The predicted octanol–water partition coefficient (Wildman–Crippen LogP) is 1.46. The summed E-state index contributed by atoms with van der Waals surface area (Å²) in [7, 11) is 0. The first-order valence-electron chi connectivity index (χ1n) is 6.20. The minimum atomic E-state index is 0.491. The fourth-order valence-electron chi connectivity index (χ4n) is 1.75. The molecule has 0 atom stereocenters. The summed E-state index contributed by atoms with van der Waals surface area (Å²) in [6, 6.07) is 0. The summed E-state index contributed by atoms with van der Waals surface area (Å²) in [4.78, 5) is 10.8. The third kappa shape index (κ3) is 2.78. The average molecular weight is 236 g/mol. The topological polar surface area (TPSA) is 67.7 Å². The Labute approximate surface area is 102 Å². The van der Waals surface area contributed by atoms with E-state index in [0.717, 1.165) is 43.3 Å². The zero-order chi connectivity index (χ0) is 12.3. The summed E-state index contributed by atoms with van der Waals surface area (Å²) >= 11 is 0. The van der Waals surface area contributed by atoms with E-state index < -0.39 is 0 Å². The summed E-state index contributed by atoms with van der Waals surface area (Å²) < 4.78 is 5.64. The van der Waals surface area contributed by atoms with Crippen molar-refractivity contribution in [3.05, 3.63) is 17.3 Å². The molecular formula is C12H20N4O. The van der Waals surface area contributed by atoms with E-state index in [4.69, 9.17) is 10.2 Å². The number of nitrogens with zero attached hydrogens (tertiary/aromatic N) is 3. The zero-order valence-electron chi connectivity index (χ0n) is 10.6. The first kappa shape index (κ1) is 12.0. The van der Waals surface area contributed by atoms with E-state index in [2.05, 4.69) is 21.8 Å². The van der Waals surface area contributed by atoms with Crippen molar-refractivity contribution in [2.24, 2.45) is 10.7 Å². The number of hydrogen-bond acceptors (Lipinski definition) is 3. The van der Waals surface area contributed by atoms with E-state index in [1.807, 2.05) is 6.92 Å². The van der Waals surface area contributed by atoms with Gasteiger partial charge in [-0.2, -0.15) is 0 Å². The lowest BCUT2D eigenvalue weighted by Gasteiger charge is -2.31. The monoisotopic (exact) mass is 236 g/mol. The van der Waals surface area contributed by atoms with Gasteiger partial charge in [0.15, 0.2) is 11.9 Å². The molecule has 94 valence electrons. The fraction of sp³-hybridized carbons (Fsp3) is 0.667. The standard InChI is InChI=1S/C12H20N4O/c1-3-5-11-15-9(2)10(17-11)8-14-12(13)16-6-4-7-16/h3-8H2,1-2H3,(H2,13,14). The molecule has 17 heavy (non-hydrogen) atoms. The average Bonchev–Trinajstić information content (AvgIpc) is 2.54. The van der Waals surface area contributed by atoms with Crippen LogP contribution in [0.5, 0.6) is 0 Å². The minimum absolute atomic E-state index is 0.491. The molecule has 1 aliphatic heterocycles. The maximum absolute atomic E-state index is 5.86. The number of hydrogen-bond donors (Lipinski definition) is 1. The van der Waals surface area contributed by atoms with Crippen molar-refractivity contribution in [1.29, 1.82) is 0 Å². The largest absolute Gasteiger partial charge is 0.443 e. The van der Waals surface area contributed by atoms with Gasteiger partial charge in [-0.05, 0) is 19.8 Å². The van der Waals surface area contributed by atoms with Gasteiger partial charge in [-0.15, -0.1) is 0 Å².